The summed E-state index contributed by atoms with van der Waals surface area (Å²) in [6.07, 6.45) is -2.46. The average molecular weight is 545 g/mol. The molecule has 1 saturated heterocycles. The van der Waals surface area contributed by atoms with Crippen LogP contribution < -0.4 is 15.4 Å². The number of nitrogens with zero attached hydrogens (tertiary/aromatic N) is 3. The number of alkyl halides is 3. The minimum Gasteiger partial charge on any atom is -0.476 e. The van der Waals surface area contributed by atoms with Gasteiger partial charge in [0.1, 0.15) is 6.61 Å². The first kappa shape index (κ1) is 26.0. The molecule has 1 aromatic rings. The van der Waals surface area contributed by atoms with E-state index in [0.29, 0.717) is 32.1 Å². The normalized spacial score (nSPS) is 15.2. The van der Waals surface area contributed by atoms with E-state index in [1.54, 1.807) is 4.90 Å². The van der Waals surface area contributed by atoms with Crippen LogP contribution in [0.15, 0.2) is 23.3 Å². The largest absolute Gasteiger partial charge is 0.476 e. The molecule has 0 aromatic carbocycles. The Hall–Kier alpha value is -1.99. The number of carbonyl (C=O) groups excluding carboxylic acids is 1. The summed E-state index contributed by atoms with van der Waals surface area (Å²) in [5, 5.41) is 6.46. The zero-order chi connectivity index (χ0) is 21.3. The molecule has 0 aliphatic carbocycles. The number of aliphatic imine (C=N–C) groups is 1. The molecule has 1 amide bonds. The fourth-order valence-electron chi connectivity index (χ4n) is 2.79. The van der Waals surface area contributed by atoms with E-state index in [-0.39, 0.29) is 48.6 Å². The summed E-state index contributed by atoms with van der Waals surface area (Å²) in [6.45, 7) is 4.31. The Morgan fingerprint density at radius 1 is 1.33 bits per heavy atom. The van der Waals surface area contributed by atoms with Gasteiger partial charge < -0.3 is 25.0 Å². The molecule has 12 heteroatoms. The van der Waals surface area contributed by atoms with Crippen molar-refractivity contribution in [3.63, 3.8) is 0 Å². The predicted octanol–water partition coefficient (Wildman–Crippen LogP) is 2.88. The Morgan fingerprint density at radius 3 is 2.57 bits per heavy atom. The number of methoxy groups -OCH3 is 1. The molecule has 2 heterocycles. The third kappa shape index (κ3) is 8.40. The second-order valence-corrected chi connectivity index (χ2v) is 6.37. The Bertz CT molecular complexity index is 681. The van der Waals surface area contributed by atoms with Crippen LogP contribution in [0.5, 0.6) is 5.88 Å². The zero-order valence-electron chi connectivity index (χ0n) is 16.9. The lowest BCUT2D eigenvalue weighted by molar-refractivity contribution is -0.137. The molecule has 1 aliphatic rings. The van der Waals surface area contributed by atoms with Crippen molar-refractivity contribution in [2.24, 2.45) is 4.99 Å². The van der Waals surface area contributed by atoms with Crippen molar-refractivity contribution in [3.8, 4) is 5.88 Å². The number of aromatic nitrogens is 1. The number of halogens is 4. The number of nitrogens with one attached hydrogen (secondary N) is 2. The van der Waals surface area contributed by atoms with E-state index in [1.165, 1.54) is 13.2 Å². The molecule has 170 valence electrons. The molecular weight excluding hydrogens is 518 g/mol. The second kappa shape index (κ2) is 12.6. The lowest BCUT2D eigenvalue weighted by atomic mass is 10.1. The van der Waals surface area contributed by atoms with Crippen molar-refractivity contribution in [2.75, 3.05) is 39.9 Å². The van der Waals surface area contributed by atoms with Gasteiger partial charge in [-0.25, -0.2) is 14.8 Å². The van der Waals surface area contributed by atoms with Crippen LogP contribution in [0.1, 0.15) is 25.3 Å². The average Bonchev–Trinajstić information content (AvgIpc) is 2.71. The number of rotatable bonds is 6. The first-order valence-corrected chi connectivity index (χ1v) is 9.37. The van der Waals surface area contributed by atoms with Crippen molar-refractivity contribution < 1.29 is 27.4 Å². The SMILES string of the molecule is CCNC(=NCCOc1ccc(C(F)(F)F)cn1)NC1CCN(C(=O)OC)CC1.I. The van der Waals surface area contributed by atoms with E-state index < -0.39 is 11.7 Å². The quantitative estimate of drug-likeness (QED) is 0.248. The predicted molar refractivity (Wildman–Crippen MR) is 116 cm³/mol. The summed E-state index contributed by atoms with van der Waals surface area (Å²) < 4.78 is 47.6. The maximum Gasteiger partial charge on any atom is 0.417 e. The van der Waals surface area contributed by atoms with Crippen LogP contribution in [0, 0.1) is 0 Å². The number of ether oxygens (including phenoxy) is 2. The lowest BCUT2D eigenvalue weighted by Gasteiger charge is -2.32. The van der Waals surface area contributed by atoms with Crippen LogP contribution in [0.2, 0.25) is 0 Å². The molecular formula is C18H27F3IN5O3. The van der Waals surface area contributed by atoms with Crippen LogP contribution >= 0.6 is 24.0 Å². The molecule has 0 radical (unpaired) electrons. The summed E-state index contributed by atoms with van der Waals surface area (Å²) in [6, 6.07) is 2.29. The number of piperidine rings is 1. The van der Waals surface area contributed by atoms with E-state index >= 15 is 0 Å². The van der Waals surface area contributed by atoms with Crippen LogP contribution in [-0.2, 0) is 10.9 Å². The van der Waals surface area contributed by atoms with E-state index in [2.05, 4.69) is 20.6 Å². The summed E-state index contributed by atoms with van der Waals surface area (Å²) in [4.78, 5) is 21.3. The highest BCUT2D eigenvalue weighted by atomic mass is 127. The minimum absolute atomic E-state index is 0. The smallest absolute Gasteiger partial charge is 0.417 e. The van der Waals surface area contributed by atoms with Crippen molar-refractivity contribution >= 4 is 36.0 Å². The lowest BCUT2D eigenvalue weighted by Crippen LogP contribution is -2.49. The number of likely N-dealkylation sites (tertiary alicyclic amines) is 1. The standard InChI is InChI=1S/C18H26F3N5O3.HI/c1-3-22-16(25-14-6-9-26(10-7-14)17(27)28-2)23-8-11-29-15-5-4-13(12-24-15)18(19,20)21;/h4-5,12,14H,3,6-11H2,1-2H3,(H2,22,23,25);1H. The van der Waals surface area contributed by atoms with Crippen LogP contribution in [0.3, 0.4) is 0 Å². The van der Waals surface area contributed by atoms with Gasteiger partial charge >= 0.3 is 12.3 Å². The van der Waals surface area contributed by atoms with Gasteiger partial charge in [0.2, 0.25) is 5.88 Å². The summed E-state index contributed by atoms with van der Waals surface area (Å²) in [7, 11) is 1.37. The number of hydrogen-bond donors (Lipinski definition) is 2. The van der Waals surface area contributed by atoms with E-state index in [1.807, 2.05) is 6.92 Å². The molecule has 0 bridgehead atoms. The molecule has 8 nitrogen and oxygen atoms in total. The van der Waals surface area contributed by atoms with E-state index in [9.17, 15) is 18.0 Å². The first-order valence-electron chi connectivity index (χ1n) is 9.37. The third-order valence-electron chi connectivity index (χ3n) is 4.29. The molecule has 1 aromatic heterocycles. The van der Waals surface area contributed by atoms with Gasteiger partial charge in [0, 0.05) is 37.9 Å². The molecule has 0 atom stereocenters. The van der Waals surface area contributed by atoms with Gasteiger partial charge in [0.05, 0.1) is 19.2 Å². The number of guanidine groups is 1. The second-order valence-electron chi connectivity index (χ2n) is 6.37. The molecule has 2 N–H and O–H groups in total. The molecule has 2 rings (SSSR count). The highest BCUT2D eigenvalue weighted by molar-refractivity contribution is 14.0. The van der Waals surface area contributed by atoms with Crippen molar-refractivity contribution in [1.82, 2.24) is 20.5 Å². The number of hydrogen-bond acceptors (Lipinski definition) is 5. The van der Waals surface area contributed by atoms with Gasteiger partial charge in [-0.2, -0.15) is 13.2 Å². The number of amides is 1. The van der Waals surface area contributed by atoms with Crippen LogP contribution in [-0.4, -0.2) is 67.9 Å². The van der Waals surface area contributed by atoms with Gasteiger partial charge in [-0.1, -0.05) is 0 Å². The van der Waals surface area contributed by atoms with Gasteiger partial charge in [0.15, 0.2) is 5.96 Å². The molecule has 0 saturated carbocycles. The van der Waals surface area contributed by atoms with Crippen molar-refractivity contribution in [2.45, 2.75) is 32.0 Å². The fraction of sp³-hybridized carbons (Fsp3) is 0.611. The number of carbonyl (C=O) groups is 1. The Kier molecular flexibility index (Phi) is 11.0. The Labute approximate surface area is 190 Å². The van der Waals surface area contributed by atoms with Crippen molar-refractivity contribution in [1.29, 1.82) is 0 Å². The van der Waals surface area contributed by atoms with Gasteiger partial charge in [-0.05, 0) is 25.8 Å². The van der Waals surface area contributed by atoms with E-state index in [0.717, 1.165) is 25.1 Å². The van der Waals surface area contributed by atoms with E-state index in [4.69, 9.17) is 9.47 Å². The summed E-state index contributed by atoms with van der Waals surface area (Å²) in [5.74, 6) is 0.731. The molecule has 30 heavy (non-hydrogen) atoms. The third-order valence-corrected chi connectivity index (χ3v) is 4.29. The molecule has 0 spiro atoms. The Morgan fingerprint density at radius 2 is 2.03 bits per heavy atom. The number of pyridine rings is 1. The molecule has 1 aliphatic heterocycles. The van der Waals surface area contributed by atoms with Gasteiger partial charge in [-0.3, -0.25) is 0 Å². The maximum atomic E-state index is 12.5. The first-order chi connectivity index (χ1) is 13.8. The monoisotopic (exact) mass is 545 g/mol. The highest BCUT2D eigenvalue weighted by Gasteiger charge is 2.30. The summed E-state index contributed by atoms with van der Waals surface area (Å²) >= 11 is 0. The Balaban J connectivity index is 0.00000450. The minimum atomic E-state index is -4.42. The van der Waals surface area contributed by atoms with Crippen LogP contribution in [0.25, 0.3) is 0 Å². The van der Waals surface area contributed by atoms with Gasteiger partial charge in [-0.15, -0.1) is 24.0 Å². The molecule has 0 unspecified atom stereocenters. The fourth-order valence-corrected chi connectivity index (χ4v) is 2.79. The zero-order valence-corrected chi connectivity index (χ0v) is 19.2. The van der Waals surface area contributed by atoms with Crippen LogP contribution in [0.4, 0.5) is 18.0 Å². The van der Waals surface area contributed by atoms with Crippen molar-refractivity contribution in [3.05, 3.63) is 23.9 Å². The molecule has 1 fully saturated rings. The topological polar surface area (TPSA) is 88.1 Å². The highest BCUT2D eigenvalue weighted by Crippen LogP contribution is 2.29. The maximum absolute atomic E-state index is 12.5. The van der Waals surface area contributed by atoms with Gasteiger partial charge in [0.25, 0.3) is 0 Å². The summed E-state index contributed by atoms with van der Waals surface area (Å²) in [5.41, 5.74) is -0.820.